The summed E-state index contributed by atoms with van der Waals surface area (Å²) >= 11 is 0. The summed E-state index contributed by atoms with van der Waals surface area (Å²) in [6, 6.07) is 18.6. The summed E-state index contributed by atoms with van der Waals surface area (Å²) in [4.78, 5) is 11.8. The number of hydrogen-bond donors (Lipinski definition) is 2. The predicted octanol–water partition coefficient (Wildman–Crippen LogP) is 2.55. The van der Waals surface area contributed by atoms with E-state index in [4.69, 9.17) is 0 Å². The molecule has 0 aliphatic heterocycles. The Bertz CT molecular complexity index is 564. The number of nitrogens with one attached hydrogen (secondary N) is 1. The van der Waals surface area contributed by atoms with Crippen LogP contribution in [0.4, 0.5) is 0 Å². The topological polar surface area (TPSA) is 49.3 Å². The van der Waals surface area contributed by atoms with Crippen molar-refractivity contribution in [2.45, 2.75) is 6.04 Å². The van der Waals surface area contributed by atoms with E-state index in [2.05, 4.69) is 5.32 Å². The summed E-state index contributed by atoms with van der Waals surface area (Å²) in [5, 5.41) is 12.2. The first-order valence-corrected chi connectivity index (χ1v) is 6.49. The van der Waals surface area contributed by atoms with Gasteiger partial charge in [0.25, 0.3) is 0 Å². The van der Waals surface area contributed by atoms with Crippen LogP contribution in [0.3, 0.4) is 0 Å². The van der Waals surface area contributed by atoms with E-state index in [1.54, 1.807) is 6.08 Å². The minimum Gasteiger partial charge on any atom is -0.394 e. The van der Waals surface area contributed by atoms with Crippen LogP contribution in [0.1, 0.15) is 17.2 Å². The fraction of sp³-hybridized carbons (Fsp3) is 0.118. The summed E-state index contributed by atoms with van der Waals surface area (Å²) in [5.74, 6) is -0.225. The van der Waals surface area contributed by atoms with Gasteiger partial charge in [-0.05, 0) is 17.2 Å². The lowest BCUT2D eigenvalue weighted by Crippen LogP contribution is -2.29. The highest BCUT2D eigenvalue weighted by molar-refractivity contribution is 5.92. The number of amides is 1. The van der Waals surface area contributed by atoms with E-state index in [1.165, 1.54) is 6.08 Å². The van der Waals surface area contributed by atoms with Crippen LogP contribution in [-0.4, -0.2) is 17.6 Å². The molecule has 2 rings (SSSR count). The van der Waals surface area contributed by atoms with Crippen molar-refractivity contribution in [3.05, 3.63) is 77.9 Å². The molecule has 3 nitrogen and oxygen atoms in total. The summed E-state index contributed by atoms with van der Waals surface area (Å²) in [6.45, 7) is -0.130. The molecule has 0 bridgehead atoms. The van der Waals surface area contributed by atoms with E-state index in [0.717, 1.165) is 11.1 Å². The second-order valence-corrected chi connectivity index (χ2v) is 4.40. The average molecular weight is 267 g/mol. The largest absolute Gasteiger partial charge is 0.394 e. The zero-order valence-electron chi connectivity index (χ0n) is 11.1. The molecule has 3 heteroatoms. The van der Waals surface area contributed by atoms with Gasteiger partial charge in [0, 0.05) is 6.08 Å². The number of aliphatic hydroxyl groups excluding tert-OH is 1. The minimum absolute atomic E-state index is 0.130. The maximum Gasteiger partial charge on any atom is 0.244 e. The van der Waals surface area contributed by atoms with Crippen molar-refractivity contribution >= 4 is 12.0 Å². The fourth-order valence-corrected chi connectivity index (χ4v) is 1.88. The lowest BCUT2D eigenvalue weighted by atomic mass is 10.1. The Balaban J connectivity index is 1.98. The van der Waals surface area contributed by atoms with Crippen LogP contribution in [0.5, 0.6) is 0 Å². The molecule has 1 amide bonds. The van der Waals surface area contributed by atoms with Gasteiger partial charge in [0.05, 0.1) is 12.6 Å². The molecule has 2 aromatic carbocycles. The van der Waals surface area contributed by atoms with Gasteiger partial charge in [0.1, 0.15) is 0 Å². The Morgan fingerprint density at radius 1 is 1.05 bits per heavy atom. The molecule has 0 aromatic heterocycles. The van der Waals surface area contributed by atoms with E-state index < -0.39 is 0 Å². The molecule has 0 fully saturated rings. The first-order valence-electron chi connectivity index (χ1n) is 6.49. The maximum absolute atomic E-state index is 11.8. The van der Waals surface area contributed by atoms with Crippen LogP contribution in [0.2, 0.25) is 0 Å². The maximum atomic E-state index is 11.8. The van der Waals surface area contributed by atoms with Crippen molar-refractivity contribution in [2.75, 3.05) is 6.61 Å². The second-order valence-electron chi connectivity index (χ2n) is 4.40. The van der Waals surface area contributed by atoms with E-state index in [0.29, 0.717) is 0 Å². The minimum atomic E-state index is -0.385. The van der Waals surface area contributed by atoms with Gasteiger partial charge < -0.3 is 10.4 Å². The Kier molecular flexibility index (Phi) is 5.09. The monoisotopic (exact) mass is 267 g/mol. The van der Waals surface area contributed by atoms with E-state index in [9.17, 15) is 9.90 Å². The lowest BCUT2D eigenvalue weighted by molar-refractivity contribution is -0.117. The van der Waals surface area contributed by atoms with Crippen molar-refractivity contribution in [1.82, 2.24) is 5.32 Å². The molecule has 2 N–H and O–H groups in total. The molecule has 1 atom stereocenters. The van der Waals surface area contributed by atoms with Gasteiger partial charge in [-0.2, -0.15) is 0 Å². The van der Waals surface area contributed by atoms with Gasteiger partial charge in [-0.15, -0.1) is 0 Å². The van der Waals surface area contributed by atoms with Gasteiger partial charge in [0.15, 0.2) is 0 Å². The molecule has 0 saturated heterocycles. The lowest BCUT2D eigenvalue weighted by Gasteiger charge is -2.15. The summed E-state index contributed by atoms with van der Waals surface area (Å²) in [7, 11) is 0. The summed E-state index contributed by atoms with van der Waals surface area (Å²) in [6.07, 6.45) is 3.22. The van der Waals surface area contributed by atoms with Crippen LogP contribution >= 0.6 is 0 Å². The smallest absolute Gasteiger partial charge is 0.244 e. The highest BCUT2D eigenvalue weighted by Crippen LogP contribution is 2.11. The molecule has 0 heterocycles. The molecular formula is C17H17NO2. The number of aliphatic hydroxyl groups is 1. The van der Waals surface area contributed by atoms with Gasteiger partial charge in [-0.1, -0.05) is 60.7 Å². The van der Waals surface area contributed by atoms with E-state index in [1.807, 2.05) is 60.7 Å². The first kappa shape index (κ1) is 14.0. The molecule has 0 spiro atoms. The predicted molar refractivity (Wildman–Crippen MR) is 79.9 cm³/mol. The molecule has 0 aliphatic carbocycles. The number of rotatable bonds is 5. The zero-order chi connectivity index (χ0) is 14.2. The molecule has 20 heavy (non-hydrogen) atoms. The van der Waals surface area contributed by atoms with Crippen LogP contribution in [0.15, 0.2) is 66.7 Å². The Morgan fingerprint density at radius 3 is 2.25 bits per heavy atom. The van der Waals surface area contributed by atoms with Crippen LogP contribution < -0.4 is 5.32 Å². The fourth-order valence-electron chi connectivity index (χ4n) is 1.88. The average Bonchev–Trinajstić information content (AvgIpc) is 2.52. The van der Waals surface area contributed by atoms with E-state index >= 15 is 0 Å². The van der Waals surface area contributed by atoms with Crippen molar-refractivity contribution < 1.29 is 9.90 Å². The first-order chi connectivity index (χ1) is 9.79. The third-order valence-corrected chi connectivity index (χ3v) is 2.93. The van der Waals surface area contributed by atoms with Crippen molar-refractivity contribution in [3.63, 3.8) is 0 Å². The second kappa shape index (κ2) is 7.26. The number of benzene rings is 2. The van der Waals surface area contributed by atoms with E-state index in [-0.39, 0.29) is 18.6 Å². The molecule has 0 aliphatic rings. The standard InChI is InChI=1S/C17H17NO2/c19-13-16(15-9-5-2-6-10-15)18-17(20)12-11-14-7-3-1-4-8-14/h1-12,16,19H,13H2,(H,18,20)/b12-11+/t16-/m1/s1. The van der Waals surface area contributed by atoms with Gasteiger partial charge >= 0.3 is 0 Å². The van der Waals surface area contributed by atoms with Gasteiger partial charge in [0.2, 0.25) is 5.91 Å². The summed E-state index contributed by atoms with van der Waals surface area (Å²) in [5.41, 5.74) is 1.85. The highest BCUT2D eigenvalue weighted by atomic mass is 16.3. The van der Waals surface area contributed by atoms with Crippen molar-refractivity contribution in [2.24, 2.45) is 0 Å². The number of carbonyl (C=O) groups is 1. The normalized spacial score (nSPS) is 12.2. The number of hydrogen-bond acceptors (Lipinski definition) is 2. The zero-order valence-corrected chi connectivity index (χ0v) is 11.1. The molecule has 2 aromatic rings. The molecule has 0 radical (unpaired) electrons. The van der Waals surface area contributed by atoms with Crippen LogP contribution in [0, 0.1) is 0 Å². The Hall–Kier alpha value is -2.39. The van der Waals surface area contributed by atoms with Crippen molar-refractivity contribution in [1.29, 1.82) is 0 Å². The SMILES string of the molecule is O=C(/C=C/c1ccccc1)N[C@H](CO)c1ccccc1. The van der Waals surface area contributed by atoms with Crippen LogP contribution in [0.25, 0.3) is 6.08 Å². The highest BCUT2D eigenvalue weighted by Gasteiger charge is 2.11. The molecule has 0 saturated carbocycles. The van der Waals surface area contributed by atoms with Crippen LogP contribution in [-0.2, 0) is 4.79 Å². The number of carbonyl (C=O) groups excluding carboxylic acids is 1. The van der Waals surface area contributed by atoms with Gasteiger partial charge in [-0.25, -0.2) is 0 Å². The Labute approximate surface area is 118 Å². The quantitative estimate of drug-likeness (QED) is 0.818. The Morgan fingerprint density at radius 2 is 1.65 bits per heavy atom. The van der Waals surface area contributed by atoms with Gasteiger partial charge in [-0.3, -0.25) is 4.79 Å². The molecular weight excluding hydrogens is 250 g/mol. The third-order valence-electron chi connectivity index (χ3n) is 2.93. The molecule has 102 valence electrons. The third kappa shape index (κ3) is 4.07. The summed E-state index contributed by atoms with van der Waals surface area (Å²) < 4.78 is 0. The molecule has 0 unspecified atom stereocenters. The van der Waals surface area contributed by atoms with Crippen molar-refractivity contribution in [3.8, 4) is 0 Å².